The minimum Gasteiger partial charge on any atom is -0.304 e. The molecule has 4 nitrogen and oxygen atoms in total. The molecule has 0 amide bonds. The average molecular weight is 295 g/mol. The van der Waals surface area contributed by atoms with Crippen molar-refractivity contribution in [2.45, 2.75) is 19.3 Å². The SMILES string of the molecule is O=C1CCCc2c1c(-c1nccs1)cn2-c1ccccn1. The van der Waals surface area contributed by atoms with Gasteiger partial charge in [0.15, 0.2) is 5.78 Å². The molecule has 104 valence electrons. The molecule has 0 saturated carbocycles. The zero-order chi connectivity index (χ0) is 14.2. The molecule has 0 saturated heterocycles. The molecule has 3 aromatic heterocycles. The van der Waals surface area contributed by atoms with Crippen LogP contribution in [0.5, 0.6) is 0 Å². The van der Waals surface area contributed by atoms with Crippen molar-refractivity contribution in [3.05, 3.63) is 53.4 Å². The van der Waals surface area contributed by atoms with Crippen LogP contribution in [0.25, 0.3) is 16.4 Å². The van der Waals surface area contributed by atoms with Crippen molar-refractivity contribution < 1.29 is 4.79 Å². The minimum atomic E-state index is 0.219. The van der Waals surface area contributed by atoms with Crippen LogP contribution in [-0.2, 0) is 6.42 Å². The maximum absolute atomic E-state index is 12.4. The summed E-state index contributed by atoms with van der Waals surface area (Å²) < 4.78 is 2.04. The fraction of sp³-hybridized carbons (Fsp3) is 0.188. The second kappa shape index (κ2) is 4.93. The highest BCUT2D eigenvalue weighted by Crippen LogP contribution is 2.35. The van der Waals surface area contributed by atoms with Gasteiger partial charge in [-0.2, -0.15) is 0 Å². The van der Waals surface area contributed by atoms with Crippen LogP contribution in [0.2, 0.25) is 0 Å². The Bertz CT molecular complexity index is 791. The third-order valence-electron chi connectivity index (χ3n) is 3.76. The number of hydrogen-bond acceptors (Lipinski definition) is 4. The Morgan fingerprint density at radius 2 is 2.10 bits per heavy atom. The number of carbonyl (C=O) groups is 1. The van der Waals surface area contributed by atoms with Crippen molar-refractivity contribution in [1.82, 2.24) is 14.5 Å². The summed E-state index contributed by atoms with van der Waals surface area (Å²) in [7, 11) is 0. The van der Waals surface area contributed by atoms with Gasteiger partial charge in [-0.3, -0.25) is 4.79 Å². The number of aromatic nitrogens is 3. The number of thiazole rings is 1. The average Bonchev–Trinajstić information content (AvgIpc) is 3.16. The Morgan fingerprint density at radius 3 is 2.86 bits per heavy atom. The van der Waals surface area contributed by atoms with Gasteiger partial charge in [-0.25, -0.2) is 9.97 Å². The Hall–Kier alpha value is -2.27. The van der Waals surface area contributed by atoms with E-state index in [1.54, 1.807) is 23.7 Å². The molecular formula is C16H13N3OS. The van der Waals surface area contributed by atoms with E-state index < -0.39 is 0 Å². The molecule has 0 aliphatic heterocycles. The quantitative estimate of drug-likeness (QED) is 0.727. The molecule has 0 unspecified atom stereocenters. The molecule has 0 atom stereocenters. The van der Waals surface area contributed by atoms with Crippen molar-refractivity contribution in [3.8, 4) is 16.4 Å². The van der Waals surface area contributed by atoms with Crippen molar-refractivity contribution in [1.29, 1.82) is 0 Å². The number of pyridine rings is 1. The Labute approximate surface area is 126 Å². The van der Waals surface area contributed by atoms with E-state index in [9.17, 15) is 4.79 Å². The summed E-state index contributed by atoms with van der Waals surface area (Å²) in [5.74, 6) is 1.07. The summed E-state index contributed by atoms with van der Waals surface area (Å²) in [6, 6.07) is 5.82. The van der Waals surface area contributed by atoms with Gasteiger partial charge < -0.3 is 4.57 Å². The first-order chi connectivity index (χ1) is 10.3. The van der Waals surface area contributed by atoms with Gasteiger partial charge in [-0.05, 0) is 25.0 Å². The topological polar surface area (TPSA) is 47.8 Å². The highest BCUT2D eigenvalue weighted by atomic mass is 32.1. The molecular weight excluding hydrogens is 282 g/mol. The van der Waals surface area contributed by atoms with Crippen LogP contribution in [0.4, 0.5) is 0 Å². The molecule has 5 heteroatoms. The zero-order valence-electron chi connectivity index (χ0n) is 11.3. The third kappa shape index (κ3) is 2.01. The van der Waals surface area contributed by atoms with Crippen LogP contribution in [0.3, 0.4) is 0 Å². The van der Waals surface area contributed by atoms with E-state index in [0.717, 1.165) is 40.5 Å². The molecule has 0 radical (unpaired) electrons. The van der Waals surface area contributed by atoms with Gasteiger partial charge in [0.05, 0.1) is 0 Å². The molecule has 1 aliphatic rings. The number of ketones is 1. The highest BCUT2D eigenvalue weighted by Gasteiger charge is 2.27. The third-order valence-corrected chi connectivity index (χ3v) is 4.57. The Kier molecular flexibility index (Phi) is 2.93. The largest absolute Gasteiger partial charge is 0.304 e. The summed E-state index contributed by atoms with van der Waals surface area (Å²) in [5.41, 5.74) is 2.84. The predicted octanol–water partition coefficient (Wildman–Crippen LogP) is 3.51. The van der Waals surface area contributed by atoms with E-state index in [-0.39, 0.29) is 5.78 Å². The maximum atomic E-state index is 12.4. The first kappa shape index (κ1) is 12.5. The monoisotopic (exact) mass is 295 g/mol. The first-order valence-electron chi connectivity index (χ1n) is 6.93. The number of nitrogens with zero attached hydrogens (tertiary/aromatic N) is 3. The number of fused-ring (bicyclic) bond motifs is 1. The number of hydrogen-bond donors (Lipinski definition) is 0. The zero-order valence-corrected chi connectivity index (χ0v) is 12.1. The lowest BCUT2D eigenvalue weighted by Crippen LogP contribution is -2.13. The molecule has 21 heavy (non-hydrogen) atoms. The van der Waals surface area contributed by atoms with Crippen LogP contribution < -0.4 is 0 Å². The van der Waals surface area contributed by atoms with Crippen molar-refractivity contribution in [2.75, 3.05) is 0 Å². The second-order valence-electron chi connectivity index (χ2n) is 5.04. The number of Topliss-reactive ketones (excluding diaryl/α,β-unsaturated/α-hetero) is 1. The van der Waals surface area contributed by atoms with E-state index >= 15 is 0 Å². The smallest absolute Gasteiger partial charge is 0.165 e. The normalized spacial score (nSPS) is 14.2. The van der Waals surface area contributed by atoms with Gasteiger partial charge in [-0.15, -0.1) is 11.3 Å². The number of carbonyl (C=O) groups excluding carboxylic acids is 1. The van der Waals surface area contributed by atoms with Gasteiger partial charge in [0.25, 0.3) is 0 Å². The van der Waals surface area contributed by atoms with E-state index in [1.807, 2.05) is 34.3 Å². The van der Waals surface area contributed by atoms with E-state index in [4.69, 9.17) is 0 Å². The van der Waals surface area contributed by atoms with Crippen LogP contribution in [0, 0.1) is 0 Å². The molecule has 3 heterocycles. The van der Waals surface area contributed by atoms with E-state index in [1.165, 1.54) is 0 Å². The van der Waals surface area contributed by atoms with Gasteiger partial charge in [-0.1, -0.05) is 6.07 Å². The summed E-state index contributed by atoms with van der Waals surface area (Å²) in [5, 5.41) is 2.84. The van der Waals surface area contributed by atoms with Crippen molar-refractivity contribution in [3.63, 3.8) is 0 Å². The predicted molar refractivity (Wildman–Crippen MR) is 81.9 cm³/mol. The summed E-state index contributed by atoms with van der Waals surface area (Å²) in [6.45, 7) is 0. The molecule has 1 aliphatic carbocycles. The van der Waals surface area contributed by atoms with Gasteiger partial charge in [0, 0.05) is 47.2 Å². The summed E-state index contributed by atoms with van der Waals surface area (Å²) in [4.78, 5) is 21.2. The van der Waals surface area contributed by atoms with Crippen LogP contribution in [0.1, 0.15) is 28.9 Å². The first-order valence-corrected chi connectivity index (χ1v) is 7.81. The van der Waals surface area contributed by atoms with Gasteiger partial charge in [0.1, 0.15) is 10.8 Å². The Morgan fingerprint density at radius 1 is 1.14 bits per heavy atom. The van der Waals surface area contributed by atoms with Crippen LogP contribution in [-0.4, -0.2) is 20.3 Å². The number of rotatable bonds is 2. The lowest BCUT2D eigenvalue weighted by molar-refractivity contribution is 0.0973. The Balaban J connectivity index is 1.97. The molecule has 4 rings (SSSR count). The van der Waals surface area contributed by atoms with Gasteiger partial charge in [0.2, 0.25) is 0 Å². The lowest BCUT2D eigenvalue weighted by Gasteiger charge is -2.14. The molecule has 0 fully saturated rings. The van der Waals surface area contributed by atoms with Crippen molar-refractivity contribution >= 4 is 17.1 Å². The highest BCUT2D eigenvalue weighted by molar-refractivity contribution is 7.13. The van der Waals surface area contributed by atoms with Crippen LogP contribution in [0.15, 0.2) is 42.2 Å². The van der Waals surface area contributed by atoms with Crippen molar-refractivity contribution in [2.24, 2.45) is 0 Å². The van der Waals surface area contributed by atoms with E-state index in [0.29, 0.717) is 6.42 Å². The second-order valence-corrected chi connectivity index (χ2v) is 5.93. The minimum absolute atomic E-state index is 0.219. The standard InChI is InChI=1S/C16H13N3OS/c20-13-5-3-4-12-15(13)11(16-18-8-9-21-16)10-19(12)14-6-1-2-7-17-14/h1-2,6-10H,3-5H2. The summed E-state index contributed by atoms with van der Waals surface area (Å²) >= 11 is 1.56. The fourth-order valence-electron chi connectivity index (χ4n) is 2.86. The lowest BCUT2D eigenvalue weighted by atomic mass is 9.94. The summed E-state index contributed by atoms with van der Waals surface area (Å²) in [6.07, 6.45) is 7.99. The van der Waals surface area contributed by atoms with Crippen LogP contribution >= 0.6 is 11.3 Å². The maximum Gasteiger partial charge on any atom is 0.165 e. The fourth-order valence-corrected chi connectivity index (χ4v) is 3.52. The molecule has 0 N–H and O–H groups in total. The molecule has 3 aromatic rings. The molecule has 0 bridgehead atoms. The van der Waals surface area contributed by atoms with Gasteiger partial charge >= 0.3 is 0 Å². The molecule has 0 spiro atoms. The molecule has 0 aromatic carbocycles. The van der Waals surface area contributed by atoms with E-state index in [2.05, 4.69) is 9.97 Å².